The molecule has 1 atom stereocenters. The molecule has 4 heteroatoms. The molecule has 1 unspecified atom stereocenters. The maximum absolute atomic E-state index is 5.37. The lowest BCUT2D eigenvalue weighted by Crippen LogP contribution is -2.45. The summed E-state index contributed by atoms with van der Waals surface area (Å²) in [4.78, 5) is 4.85. The van der Waals surface area contributed by atoms with E-state index in [0.717, 1.165) is 18.6 Å². The summed E-state index contributed by atoms with van der Waals surface area (Å²) in [6.45, 7) is 2.20. The molecule has 3 nitrogen and oxygen atoms in total. The summed E-state index contributed by atoms with van der Waals surface area (Å²) in [6, 6.07) is 4.35. The topological polar surface area (TPSA) is 37.5 Å². The van der Waals surface area contributed by atoms with Crippen molar-refractivity contribution in [2.75, 3.05) is 5.75 Å². The largest absolute Gasteiger partial charge is 0.469 e. The van der Waals surface area contributed by atoms with Gasteiger partial charge in [0.2, 0.25) is 0 Å². The van der Waals surface area contributed by atoms with Gasteiger partial charge in [0.15, 0.2) is 5.17 Å². The SMILES string of the molecule is CC(CCc1ccco1)N=C1NC2(CCCCC2)CS1. The van der Waals surface area contributed by atoms with E-state index in [4.69, 9.17) is 9.41 Å². The molecule has 0 aromatic carbocycles. The van der Waals surface area contributed by atoms with E-state index >= 15 is 0 Å². The molecular weight excluding hydrogens is 268 g/mol. The molecule has 0 bridgehead atoms. The van der Waals surface area contributed by atoms with Gasteiger partial charge in [0, 0.05) is 17.7 Å². The van der Waals surface area contributed by atoms with Crippen molar-refractivity contribution in [2.24, 2.45) is 4.99 Å². The minimum absolute atomic E-state index is 0.355. The second-order valence-corrected chi connectivity index (χ2v) is 7.12. The number of rotatable bonds is 4. The van der Waals surface area contributed by atoms with E-state index in [-0.39, 0.29) is 0 Å². The molecule has 0 amide bonds. The Kier molecular flexibility index (Phi) is 4.39. The molecule has 2 fully saturated rings. The molecule has 0 radical (unpaired) electrons. The van der Waals surface area contributed by atoms with Crippen LogP contribution in [0.25, 0.3) is 0 Å². The summed E-state index contributed by atoms with van der Waals surface area (Å²) in [7, 11) is 0. The van der Waals surface area contributed by atoms with E-state index in [2.05, 4.69) is 12.2 Å². The Labute approximate surface area is 125 Å². The van der Waals surface area contributed by atoms with Crippen LogP contribution in [0.3, 0.4) is 0 Å². The summed E-state index contributed by atoms with van der Waals surface area (Å²) < 4.78 is 5.37. The van der Waals surface area contributed by atoms with Crippen molar-refractivity contribution >= 4 is 16.9 Å². The lowest BCUT2D eigenvalue weighted by atomic mass is 9.83. The van der Waals surface area contributed by atoms with Crippen LogP contribution in [0.4, 0.5) is 0 Å². The molecule has 20 heavy (non-hydrogen) atoms. The van der Waals surface area contributed by atoms with E-state index in [9.17, 15) is 0 Å². The minimum atomic E-state index is 0.355. The fourth-order valence-corrected chi connectivity index (χ4v) is 4.46. The first kappa shape index (κ1) is 14.1. The fourth-order valence-electron chi connectivity index (χ4n) is 3.14. The second kappa shape index (κ2) is 6.25. The third-order valence-electron chi connectivity index (χ3n) is 4.39. The van der Waals surface area contributed by atoms with E-state index < -0.39 is 0 Å². The van der Waals surface area contributed by atoms with Crippen LogP contribution in [-0.4, -0.2) is 22.5 Å². The average molecular weight is 292 g/mol. The van der Waals surface area contributed by atoms with E-state index in [1.54, 1.807) is 6.26 Å². The molecule has 1 aromatic rings. The van der Waals surface area contributed by atoms with Gasteiger partial charge >= 0.3 is 0 Å². The number of aryl methyl sites for hydroxylation is 1. The van der Waals surface area contributed by atoms with Crippen molar-refractivity contribution in [3.8, 4) is 0 Å². The third-order valence-corrected chi connectivity index (χ3v) is 5.57. The molecule has 3 rings (SSSR count). The van der Waals surface area contributed by atoms with Crippen molar-refractivity contribution in [2.45, 2.75) is 63.5 Å². The first-order valence-electron chi connectivity index (χ1n) is 7.77. The summed E-state index contributed by atoms with van der Waals surface area (Å²) in [5, 5.41) is 4.89. The van der Waals surface area contributed by atoms with Crippen molar-refractivity contribution in [1.29, 1.82) is 0 Å². The first-order valence-corrected chi connectivity index (χ1v) is 8.76. The standard InChI is InChI=1S/C16H24N2OS/c1-13(7-8-14-6-5-11-19-14)17-15-18-16(12-20-15)9-3-2-4-10-16/h5-6,11,13H,2-4,7-10,12H2,1H3,(H,17,18). The lowest BCUT2D eigenvalue weighted by molar-refractivity contribution is 0.303. The first-order chi connectivity index (χ1) is 9.76. The summed E-state index contributed by atoms with van der Waals surface area (Å²) >= 11 is 1.91. The van der Waals surface area contributed by atoms with Gasteiger partial charge < -0.3 is 9.73 Å². The van der Waals surface area contributed by atoms with E-state index in [0.29, 0.717) is 11.6 Å². The number of amidine groups is 1. The number of nitrogens with one attached hydrogen (secondary N) is 1. The molecular formula is C16H24N2OS. The van der Waals surface area contributed by atoms with Gasteiger partial charge in [-0.2, -0.15) is 0 Å². The molecule has 1 saturated carbocycles. The minimum Gasteiger partial charge on any atom is -0.469 e. The third kappa shape index (κ3) is 3.40. The highest BCUT2D eigenvalue weighted by atomic mass is 32.2. The molecule has 1 saturated heterocycles. The van der Waals surface area contributed by atoms with Crippen LogP contribution in [0, 0.1) is 0 Å². The molecule has 2 aliphatic rings. The number of hydrogen-bond donors (Lipinski definition) is 1. The van der Waals surface area contributed by atoms with Gasteiger partial charge in [-0.15, -0.1) is 0 Å². The Morgan fingerprint density at radius 1 is 1.40 bits per heavy atom. The number of furan rings is 1. The van der Waals surface area contributed by atoms with Crippen LogP contribution >= 0.6 is 11.8 Å². The summed E-state index contributed by atoms with van der Waals surface area (Å²) in [5.41, 5.74) is 0.364. The van der Waals surface area contributed by atoms with Crippen LogP contribution in [0.1, 0.15) is 51.2 Å². The van der Waals surface area contributed by atoms with Gasteiger partial charge in [-0.05, 0) is 38.3 Å². The maximum Gasteiger partial charge on any atom is 0.157 e. The highest BCUT2D eigenvalue weighted by molar-refractivity contribution is 8.14. The summed E-state index contributed by atoms with van der Waals surface area (Å²) in [6.07, 6.45) is 10.5. The quantitative estimate of drug-likeness (QED) is 0.911. The predicted octanol–water partition coefficient (Wildman–Crippen LogP) is 4.00. The van der Waals surface area contributed by atoms with Crippen LogP contribution in [-0.2, 0) is 6.42 Å². The second-order valence-electron chi connectivity index (χ2n) is 6.16. The monoisotopic (exact) mass is 292 g/mol. The molecule has 1 aliphatic heterocycles. The smallest absolute Gasteiger partial charge is 0.157 e. The normalized spacial score (nSPS) is 24.9. The Morgan fingerprint density at radius 2 is 2.25 bits per heavy atom. The zero-order valence-electron chi connectivity index (χ0n) is 12.2. The van der Waals surface area contributed by atoms with E-state index in [1.165, 1.54) is 43.0 Å². The highest BCUT2D eigenvalue weighted by Gasteiger charge is 2.38. The van der Waals surface area contributed by atoms with E-state index in [1.807, 2.05) is 23.9 Å². The number of aliphatic imine (C=N–C) groups is 1. The van der Waals surface area contributed by atoms with Crippen LogP contribution in [0.2, 0.25) is 0 Å². The van der Waals surface area contributed by atoms with Crippen molar-refractivity contribution < 1.29 is 4.42 Å². The van der Waals surface area contributed by atoms with Crippen LogP contribution in [0.5, 0.6) is 0 Å². The van der Waals surface area contributed by atoms with Crippen molar-refractivity contribution in [1.82, 2.24) is 5.32 Å². The van der Waals surface area contributed by atoms with Gasteiger partial charge in [-0.3, -0.25) is 4.99 Å². The Balaban J connectivity index is 1.51. The van der Waals surface area contributed by atoms with Gasteiger partial charge in [-0.25, -0.2) is 0 Å². The molecule has 1 N–H and O–H groups in total. The number of nitrogens with zero attached hydrogens (tertiary/aromatic N) is 1. The molecule has 1 spiro atoms. The van der Waals surface area contributed by atoms with Crippen molar-refractivity contribution in [3.05, 3.63) is 24.2 Å². The van der Waals surface area contributed by atoms with Gasteiger partial charge in [0.25, 0.3) is 0 Å². The number of hydrogen-bond acceptors (Lipinski definition) is 3. The maximum atomic E-state index is 5.37. The highest BCUT2D eigenvalue weighted by Crippen LogP contribution is 2.36. The van der Waals surface area contributed by atoms with Crippen molar-refractivity contribution in [3.63, 3.8) is 0 Å². The predicted molar refractivity (Wildman–Crippen MR) is 85.3 cm³/mol. The molecule has 2 heterocycles. The van der Waals surface area contributed by atoms with Gasteiger partial charge in [0.05, 0.1) is 12.3 Å². The fraction of sp³-hybridized carbons (Fsp3) is 0.688. The van der Waals surface area contributed by atoms with Gasteiger partial charge in [0.1, 0.15) is 5.76 Å². The number of thioether (sulfide) groups is 1. The summed E-state index contributed by atoms with van der Waals surface area (Å²) in [5.74, 6) is 2.27. The molecule has 1 aliphatic carbocycles. The zero-order valence-corrected chi connectivity index (χ0v) is 13.0. The zero-order chi connectivity index (χ0) is 13.8. The lowest BCUT2D eigenvalue weighted by Gasteiger charge is -2.32. The van der Waals surface area contributed by atoms with Gasteiger partial charge in [-0.1, -0.05) is 31.0 Å². The van der Waals surface area contributed by atoms with Crippen LogP contribution in [0.15, 0.2) is 27.8 Å². The molecule has 110 valence electrons. The Morgan fingerprint density at radius 3 is 3.00 bits per heavy atom. The molecule has 1 aromatic heterocycles. The Hall–Kier alpha value is -0.900. The average Bonchev–Trinajstić information content (AvgIpc) is 3.08. The Bertz CT molecular complexity index is 449. The van der Waals surface area contributed by atoms with Crippen LogP contribution < -0.4 is 5.32 Å².